The monoisotopic (exact) mass is 381 g/mol. The molecule has 144 valence electrons. The highest BCUT2D eigenvalue weighted by atomic mass is 32.2. The number of piperidine rings is 1. The summed E-state index contributed by atoms with van der Waals surface area (Å²) in [5.74, 6) is 0.839. The Hall–Kier alpha value is -1.71. The van der Waals surface area contributed by atoms with Crippen molar-refractivity contribution in [3.63, 3.8) is 0 Å². The van der Waals surface area contributed by atoms with Crippen molar-refractivity contribution in [2.75, 3.05) is 38.6 Å². The molecule has 0 radical (unpaired) electrons. The van der Waals surface area contributed by atoms with Gasteiger partial charge in [0, 0.05) is 45.3 Å². The van der Waals surface area contributed by atoms with Crippen molar-refractivity contribution in [3.8, 4) is 0 Å². The van der Waals surface area contributed by atoms with E-state index < -0.39 is 10.2 Å². The van der Waals surface area contributed by atoms with Crippen molar-refractivity contribution in [2.45, 2.75) is 31.7 Å². The molecular weight excluding hydrogens is 354 g/mol. The molecule has 26 heavy (non-hydrogen) atoms. The first-order chi connectivity index (χ1) is 12.2. The molecule has 8 nitrogen and oxygen atoms in total. The number of anilines is 1. The van der Waals surface area contributed by atoms with E-state index in [2.05, 4.69) is 6.92 Å². The molecule has 2 unspecified atom stereocenters. The largest absolute Gasteiger partial charge is 0.368 e. The van der Waals surface area contributed by atoms with E-state index in [0.717, 1.165) is 30.9 Å². The molecule has 3 heterocycles. The van der Waals surface area contributed by atoms with Crippen molar-refractivity contribution >= 4 is 21.9 Å². The van der Waals surface area contributed by atoms with E-state index in [9.17, 15) is 13.2 Å². The number of aromatic nitrogens is 1. The standard InChI is InChI=1S/C17H27N5O3S/c1-12-7-8-22(15(9-12)17(18)23)16-6-4-5-14(19-16)13-10-20(2)26(24,25)21(3)11-13/h4-6,12-13,15H,7-11H2,1-3H3,(H2,18,23). The normalized spacial score (nSPS) is 28.2. The molecule has 2 N–H and O–H groups in total. The molecule has 0 bridgehead atoms. The van der Waals surface area contributed by atoms with Gasteiger partial charge in [0.1, 0.15) is 11.9 Å². The van der Waals surface area contributed by atoms with Crippen LogP contribution in [0, 0.1) is 5.92 Å². The lowest BCUT2D eigenvalue weighted by molar-refractivity contribution is -0.120. The number of pyridine rings is 1. The van der Waals surface area contributed by atoms with E-state index in [1.165, 1.54) is 8.61 Å². The molecule has 2 fully saturated rings. The Labute approximate surface area is 155 Å². The van der Waals surface area contributed by atoms with Gasteiger partial charge in [-0.3, -0.25) is 4.79 Å². The molecule has 0 aromatic carbocycles. The number of hydrogen-bond donors (Lipinski definition) is 1. The number of hydrogen-bond acceptors (Lipinski definition) is 5. The summed E-state index contributed by atoms with van der Waals surface area (Å²) in [5, 5.41) is 0. The Bertz CT molecular complexity index is 766. The highest BCUT2D eigenvalue weighted by molar-refractivity contribution is 7.86. The third-order valence-electron chi connectivity index (χ3n) is 5.40. The van der Waals surface area contributed by atoms with Gasteiger partial charge in [0.15, 0.2) is 0 Å². The molecule has 2 atom stereocenters. The summed E-state index contributed by atoms with van der Waals surface area (Å²) < 4.78 is 27.0. The second kappa shape index (κ2) is 7.13. The number of carbonyl (C=O) groups excluding carboxylic acids is 1. The summed E-state index contributed by atoms with van der Waals surface area (Å²) in [4.78, 5) is 18.6. The van der Waals surface area contributed by atoms with Crippen LogP contribution in [0.5, 0.6) is 0 Å². The van der Waals surface area contributed by atoms with Crippen LogP contribution in [0.15, 0.2) is 18.2 Å². The average molecular weight is 382 g/mol. The second-order valence-electron chi connectivity index (χ2n) is 7.43. The molecule has 0 spiro atoms. The number of carbonyl (C=O) groups is 1. The summed E-state index contributed by atoms with van der Waals surface area (Å²) in [6.45, 7) is 3.65. The van der Waals surface area contributed by atoms with Gasteiger partial charge in [0.25, 0.3) is 10.2 Å². The smallest absolute Gasteiger partial charge is 0.281 e. The molecule has 0 aliphatic carbocycles. The van der Waals surface area contributed by atoms with Crippen LogP contribution in [-0.4, -0.2) is 67.7 Å². The number of primary amides is 1. The van der Waals surface area contributed by atoms with Gasteiger partial charge in [-0.15, -0.1) is 0 Å². The lowest BCUT2D eigenvalue weighted by atomic mass is 9.92. The van der Waals surface area contributed by atoms with E-state index in [0.29, 0.717) is 19.0 Å². The first kappa shape index (κ1) is 19.1. The third kappa shape index (κ3) is 3.56. The van der Waals surface area contributed by atoms with Gasteiger partial charge in [-0.05, 0) is 30.9 Å². The van der Waals surface area contributed by atoms with Gasteiger partial charge < -0.3 is 10.6 Å². The number of nitrogens with zero attached hydrogens (tertiary/aromatic N) is 4. The molecule has 1 aromatic rings. The minimum absolute atomic E-state index is 0.0239. The summed E-state index contributed by atoms with van der Waals surface area (Å²) in [6, 6.07) is 5.37. The molecule has 2 aliphatic heterocycles. The maximum atomic E-state index is 12.1. The Morgan fingerprint density at radius 1 is 1.23 bits per heavy atom. The predicted molar refractivity (Wildman–Crippen MR) is 99.9 cm³/mol. The number of rotatable bonds is 3. The molecule has 2 saturated heterocycles. The van der Waals surface area contributed by atoms with Crippen LogP contribution in [0.25, 0.3) is 0 Å². The van der Waals surface area contributed by atoms with Crippen LogP contribution in [0.4, 0.5) is 5.82 Å². The fourth-order valence-corrected chi connectivity index (χ4v) is 5.02. The highest BCUT2D eigenvalue weighted by Gasteiger charge is 2.36. The van der Waals surface area contributed by atoms with Crippen LogP contribution >= 0.6 is 0 Å². The molecule has 2 aliphatic rings. The van der Waals surface area contributed by atoms with Crippen LogP contribution < -0.4 is 10.6 Å². The predicted octanol–water partition coefficient (Wildman–Crippen LogP) is 0.377. The molecule has 0 saturated carbocycles. The van der Waals surface area contributed by atoms with Crippen molar-refractivity contribution < 1.29 is 13.2 Å². The summed E-state index contributed by atoms with van der Waals surface area (Å²) in [7, 11) is -0.210. The van der Waals surface area contributed by atoms with E-state index in [1.807, 2.05) is 23.1 Å². The Morgan fingerprint density at radius 3 is 2.50 bits per heavy atom. The summed E-state index contributed by atoms with van der Waals surface area (Å²) in [5.41, 5.74) is 6.45. The van der Waals surface area contributed by atoms with Crippen LogP contribution in [0.3, 0.4) is 0 Å². The van der Waals surface area contributed by atoms with Crippen molar-refractivity contribution in [2.24, 2.45) is 11.7 Å². The SMILES string of the molecule is CC1CCN(c2cccc(C3CN(C)S(=O)(=O)N(C)C3)n2)C(C(N)=O)C1. The first-order valence-corrected chi connectivity index (χ1v) is 10.3. The molecule has 1 aromatic heterocycles. The van der Waals surface area contributed by atoms with Crippen LogP contribution in [0.1, 0.15) is 31.4 Å². The molecule has 9 heteroatoms. The lowest BCUT2D eigenvalue weighted by Crippen LogP contribution is -2.50. The summed E-state index contributed by atoms with van der Waals surface area (Å²) in [6.07, 6.45) is 1.72. The van der Waals surface area contributed by atoms with Gasteiger partial charge in [0.2, 0.25) is 5.91 Å². The zero-order chi connectivity index (χ0) is 19.1. The molecular formula is C17H27N5O3S. The van der Waals surface area contributed by atoms with Crippen LogP contribution in [0.2, 0.25) is 0 Å². The van der Waals surface area contributed by atoms with Gasteiger partial charge in [-0.25, -0.2) is 4.98 Å². The zero-order valence-corrected chi connectivity index (χ0v) is 16.3. The van der Waals surface area contributed by atoms with Crippen molar-refractivity contribution in [1.82, 2.24) is 13.6 Å². The van der Waals surface area contributed by atoms with Gasteiger partial charge in [-0.2, -0.15) is 17.0 Å². The number of nitrogens with two attached hydrogens (primary N) is 1. The minimum atomic E-state index is -3.37. The van der Waals surface area contributed by atoms with Gasteiger partial charge in [0.05, 0.1) is 0 Å². The van der Waals surface area contributed by atoms with Crippen molar-refractivity contribution in [1.29, 1.82) is 0 Å². The molecule has 3 rings (SSSR count). The topological polar surface area (TPSA) is 99.8 Å². The van der Waals surface area contributed by atoms with E-state index in [-0.39, 0.29) is 17.9 Å². The van der Waals surface area contributed by atoms with Crippen molar-refractivity contribution in [3.05, 3.63) is 23.9 Å². The highest BCUT2D eigenvalue weighted by Crippen LogP contribution is 2.29. The van der Waals surface area contributed by atoms with E-state index >= 15 is 0 Å². The maximum Gasteiger partial charge on any atom is 0.281 e. The van der Waals surface area contributed by atoms with E-state index in [1.54, 1.807) is 14.1 Å². The first-order valence-electron chi connectivity index (χ1n) is 8.90. The quantitative estimate of drug-likeness (QED) is 0.816. The zero-order valence-electron chi connectivity index (χ0n) is 15.5. The number of likely N-dealkylation sites (N-methyl/N-ethyl adjacent to an activating group) is 2. The molecule has 1 amide bonds. The van der Waals surface area contributed by atoms with Gasteiger partial charge >= 0.3 is 0 Å². The van der Waals surface area contributed by atoms with Crippen LogP contribution in [-0.2, 0) is 15.0 Å². The van der Waals surface area contributed by atoms with E-state index in [4.69, 9.17) is 10.7 Å². The summed E-state index contributed by atoms with van der Waals surface area (Å²) >= 11 is 0. The Balaban J connectivity index is 1.86. The maximum absolute atomic E-state index is 12.1. The number of amides is 1. The fraction of sp³-hybridized carbons (Fsp3) is 0.647. The fourth-order valence-electron chi connectivity index (χ4n) is 3.80. The third-order valence-corrected chi connectivity index (χ3v) is 7.28. The Morgan fingerprint density at radius 2 is 1.88 bits per heavy atom. The average Bonchev–Trinajstić information content (AvgIpc) is 2.59. The van der Waals surface area contributed by atoms with Gasteiger partial charge in [-0.1, -0.05) is 13.0 Å². The second-order valence-corrected chi connectivity index (χ2v) is 9.57. The minimum Gasteiger partial charge on any atom is -0.368 e. The lowest BCUT2D eigenvalue weighted by Gasteiger charge is -2.38. The Kier molecular flexibility index (Phi) is 5.23.